The first-order valence-electron chi connectivity index (χ1n) is 11.8. The van der Waals surface area contributed by atoms with Crippen molar-refractivity contribution in [3.63, 3.8) is 0 Å². The van der Waals surface area contributed by atoms with Gasteiger partial charge in [0.25, 0.3) is 0 Å². The van der Waals surface area contributed by atoms with E-state index in [2.05, 4.69) is 6.92 Å². The van der Waals surface area contributed by atoms with Crippen LogP contribution in [0.3, 0.4) is 0 Å². The molecule has 0 radical (unpaired) electrons. The van der Waals surface area contributed by atoms with Crippen LogP contribution in [0.15, 0.2) is 36.4 Å². The van der Waals surface area contributed by atoms with Crippen LogP contribution in [0.1, 0.15) is 99.4 Å². The molecular weight excluding hydrogens is 394 g/mol. The van der Waals surface area contributed by atoms with Gasteiger partial charge in [0.1, 0.15) is 11.6 Å². The molecular formula is C27H34F2O2. The highest BCUT2D eigenvalue weighted by Crippen LogP contribution is 2.40. The molecule has 2 aromatic carbocycles. The first-order valence-corrected chi connectivity index (χ1v) is 11.8. The minimum Gasteiger partial charge on any atom is -0.478 e. The van der Waals surface area contributed by atoms with Gasteiger partial charge in [0, 0.05) is 11.6 Å². The van der Waals surface area contributed by atoms with Crippen LogP contribution in [0.2, 0.25) is 0 Å². The molecule has 0 aliphatic heterocycles. The summed E-state index contributed by atoms with van der Waals surface area (Å²) in [7, 11) is 0. The molecule has 31 heavy (non-hydrogen) atoms. The lowest BCUT2D eigenvalue weighted by Gasteiger charge is -2.30. The number of rotatable bonds is 10. The first-order chi connectivity index (χ1) is 15.0. The molecule has 4 heteroatoms. The SMILES string of the molecule is CCCCCCCCC1CCC(c2cc(-c3ccc(F)cc3F)ccc2C(=O)O)CC1. The Bertz CT molecular complexity index is 870. The Labute approximate surface area is 184 Å². The normalized spacial score (nSPS) is 18.8. The number of carboxylic acids is 1. The first kappa shape index (κ1) is 23.4. The Hall–Kier alpha value is -2.23. The van der Waals surface area contributed by atoms with Crippen molar-refractivity contribution in [2.75, 3.05) is 0 Å². The second-order valence-corrected chi connectivity index (χ2v) is 9.01. The van der Waals surface area contributed by atoms with Crippen LogP contribution in [-0.4, -0.2) is 11.1 Å². The average Bonchev–Trinajstić information content (AvgIpc) is 2.76. The maximum absolute atomic E-state index is 14.3. The molecule has 1 aliphatic rings. The predicted molar refractivity (Wildman–Crippen MR) is 121 cm³/mol. The second-order valence-electron chi connectivity index (χ2n) is 9.01. The van der Waals surface area contributed by atoms with Crippen LogP contribution in [0.25, 0.3) is 11.1 Å². The molecule has 0 saturated heterocycles. The summed E-state index contributed by atoms with van der Waals surface area (Å²) < 4.78 is 27.6. The summed E-state index contributed by atoms with van der Waals surface area (Å²) in [5, 5.41) is 9.68. The van der Waals surface area contributed by atoms with E-state index in [-0.39, 0.29) is 5.92 Å². The number of aromatic carboxylic acids is 1. The third kappa shape index (κ3) is 6.38. The van der Waals surface area contributed by atoms with E-state index in [4.69, 9.17) is 0 Å². The van der Waals surface area contributed by atoms with E-state index in [1.807, 2.05) is 0 Å². The molecule has 0 amide bonds. The van der Waals surface area contributed by atoms with E-state index in [0.29, 0.717) is 16.7 Å². The summed E-state index contributed by atoms with van der Waals surface area (Å²) in [6.45, 7) is 2.24. The molecule has 1 fully saturated rings. The van der Waals surface area contributed by atoms with Gasteiger partial charge in [0.2, 0.25) is 0 Å². The molecule has 0 heterocycles. The molecule has 2 aromatic rings. The lowest BCUT2D eigenvalue weighted by Crippen LogP contribution is -2.16. The van der Waals surface area contributed by atoms with Gasteiger partial charge in [-0.15, -0.1) is 0 Å². The highest BCUT2D eigenvalue weighted by molar-refractivity contribution is 5.90. The van der Waals surface area contributed by atoms with Crippen molar-refractivity contribution in [1.82, 2.24) is 0 Å². The van der Waals surface area contributed by atoms with Gasteiger partial charge in [-0.3, -0.25) is 0 Å². The predicted octanol–water partition coefficient (Wildman–Crippen LogP) is 8.35. The molecule has 168 valence electrons. The molecule has 3 rings (SSSR count). The third-order valence-corrected chi connectivity index (χ3v) is 6.78. The van der Waals surface area contributed by atoms with Crippen molar-refractivity contribution < 1.29 is 18.7 Å². The van der Waals surface area contributed by atoms with E-state index < -0.39 is 17.6 Å². The Kier molecular flexibility index (Phi) is 8.62. The zero-order chi connectivity index (χ0) is 22.2. The molecule has 0 bridgehead atoms. The van der Waals surface area contributed by atoms with Gasteiger partial charge < -0.3 is 5.11 Å². The number of carboxylic acid groups (broad SMARTS) is 1. The highest BCUT2D eigenvalue weighted by atomic mass is 19.1. The Morgan fingerprint density at radius 1 is 0.935 bits per heavy atom. The van der Waals surface area contributed by atoms with Crippen LogP contribution >= 0.6 is 0 Å². The quantitative estimate of drug-likeness (QED) is 0.386. The standard InChI is InChI=1S/C27H34F2O2/c1-2-3-4-5-6-7-8-19-9-11-20(12-10-19)25-17-21(13-15-24(25)27(30)31)23-16-14-22(28)18-26(23)29/h13-20H,2-12H2,1H3,(H,30,31). The van der Waals surface area contributed by atoms with Crippen molar-refractivity contribution in [2.24, 2.45) is 5.92 Å². The summed E-state index contributed by atoms with van der Waals surface area (Å²) in [6, 6.07) is 8.51. The number of benzene rings is 2. The fourth-order valence-electron chi connectivity index (χ4n) is 4.96. The maximum Gasteiger partial charge on any atom is 0.335 e. The lowest BCUT2D eigenvalue weighted by atomic mass is 9.75. The molecule has 1 saturated carbocycles. The Morgan fingerprint density at radius 2 is 1.65 bits per heavy atom. The molecule has 0 unspecified atom stereocenters. The van der Waals surface area contributed by atoms with Crippen molar-refractivity contribution in [3.05, 3.63) is 59.2 Å². The van der Waals surface area contributed by atoms with Gasteiger partial charge >= 0.3 is 5.97 Å². The number of halogens is 2. The van der Waals surface area contributed by atoms with E-state index >= 15 is 0 Å². The fraction of sp³-hybridized carbons (Fsp3) is 0.519. The van der Waals surface area contributed by atoms with E-state index in [1.54, 1.807) is 18.2 Å². The maximum atomic E-state index is 14.3. The summed E-state index contributed by atoms with van der Waals surface area (Å²) in [5.74, 6) is -1.29. The van der Waals surface area contributed by atoms with Crippen LogP contribution in [0.5, 0.6) is 0 Å². The van der Waals surface area contributed by atoms with Gasteiger partial charge in [-0.2, -0.15) is 0 Å². The summed E-state index contributed by atoms with van der Waals surface area (Å²) >= 11 is 0. The molecule has 0 atom stereocenters. The van der Waals surface area contributed by atoms with Gasteiger partial charge in [-0.05, 0) is 72.9 Å². The zero-order valence-electron chi connectivity index (χ0n) is 18.5. The number of hydrogen-bond donors (Lipinski definition) is 1. The number of hydrogen-bond acceptors (Lipinski definition) is 1. The van der Waals surface area contributed by atoms with Gasteiger partial charge in [0.05, 0.1) is 5.56 Å². The van der Waals surface area contributed by atoms with E-state index in [9.17, 15) is 18.7 Å². The molecule has 2 nitrogen and oxygen atoms in total. The molecule has 0 spiro atoms. The van der Waals surface area contributed by atoms with Crippen molar-refractivity contribution in [2.45, 2.75) is 83.5 Å². The van der Waals surface area contributed by atoms with Crippen molar-refractivity contribution in [3.8, 4) is 11.1 Å². The monoisotopic (exact) mass is 428 g/mol. The molecule has 1 aliphatic carbocycles. The van der Waals surface area contributed by atoms with Crippen LogP contribution < -0.4 is 0 Å². The number of carbonyl (C=O) groups is 1. The van der Waals surface area contributed by atoms with Crippen LogP contribution in [0.4, 0.5) is 8.78 Å². The van der Waals surface area contributed by atoms with Gasteiger partial charge in [0.15, 0.2) is 0 Å². The largest absolute Gasteiger partial charge is 0.478 e. The third-order valence-electron chi connectivity index (χ3n) is 6.78. The van der Waals surface area contributed by atoms with Gasteiger partial charge in [-0.25, -0.2) is 13.6 Å². The minimum absolute atomic E-state index is 0.176. The van der Waals surface area contributed by atoms with Crippen molar-refractivity contribution >= 4 is 5.97 Å². The second kappa shape index (κ2) is 11.4. The summed E-state index contributed by atoms with van der Waals surface area (Å²) in [5.41, 5.74) is 1.99. The smallest absolute Gasteiger partial charge is 0.335 e. The lowest BCUT2D eigenvalue weighted by molar-refractivity contribution is 0.0694. The number of unbranched alkanes of at least 4 members (excludes halogenated alkanes) is 5. The summed E-state index contributed by atoms with van der Waals surface area (Å²) in [6.07, 6.45) is 13.3. The zero-order valence-corrected chi connectivity index (χ0v) is 18.5. The van der Waals surface area contributed by atoms with E-state index in [1.165, 1.54) is 57.1 Å². The van der Waals surface area contributed by atoms with Crippen LogP contribution in [-0.2, 0) is 0 Å². The van der Waals surface area contributed by atoms with Crippen LogP contribution in [0, 0.1) is 17.6 Å². The topological polar surface area (TPSA) is 37.3 Å². The molecule has 0 aromatic heterocycles. The summed E-state index contributed by atoms with van der Waals surface area (Å²) in [4.78, 5) is 11.8. The average molecular weight is 429 g/mol. The van der Waals surface area contributed by atoms with E-state index in [0.717, 1.165) is 43.2 Å². The minimum atomic E-state index is -0.949. The molecule has 1 N–H and O–H groups in total. The van der Waals surface area contributed by atoms with Gasteiger partial charge in [-0.1, -0.05) is 57.9 Å². The van der Waals surface area contributed by atoms with Crippen molar-refractivity contribution in [1.29, 1.82) is 0 Å². The Morgan fingerprint density at radius 3 is 2.32 bits per heavy atom. The fourth-order valence-corrected chi connectivity index (χ4v) is 4.96. The highest BCUT2D eigenvalue weighted by Gasteiger charge is 2.26. The Balaban J connectivity index is 1.66.